The topological polar surface area (TPSA) is 25.8 Å². The van der Waals surface area contributed by atoms with Gasteiger partial charge in [0.25, 0.3) is 0 Å². The van der Waals surface area contributed by atoms with Crippen molar-refractivity contribution in [2.45, 2.75) is 13.8 Å². The van der Waals surface area contributed by atoms with E-state index in [1.807, 2.05) is 32.1 Å². The lowest BCUT2D eigenvalue weighted by Crippen LogP contribution is -1.82. The van der Waals surface area contributed by atoms with Crippen molar-refractivity contribution in [3.63, 3.8) is 0 Å². The highest BCUT2D eigenvalue weighted by Gasteiger charge is 1.84. The van der Waals surface area contributed by atoms with Crippen molar-refractivity contribution in [3.05, 3.63) is 29.6 Å². The normalized spacial score (nSPS) is 9.00. The van der Waals surface area contributed by atoms with Crippen LogP contribution in [0, 0.1) is 0 Å². The van der Waals surface area contributed by atoms with Gasteiger partial charge in [0.05, 0.1) is 5.69 Å². The second kappa shape index (κ2) is 3.11. The molecule has 0 aliphatic rings. The molecule has 2 heteroatoms. The number of hydrogen-bond acceptors (Lipinski definition) is 2. The molecule has 0 N–H and O–H groups in total. The van der Waals surface area contributed by atoms with Gasteiger partial charge in [-0.05, 0) is 32.1 Å². The molecule has 0 radical (unpaired) electrons. The van der Waals surface area contributed by atoms with Gasteiger partial charge in [0.15, 0.2) is 0 Å². The summed E-state index contributed by atoms with van der Waals surface area (Å²) >= 11 is 0. The molecule has 1 aromatic rings. The van der Waals surface area contributed by atoms with Crippen molar-refractivity contribution in [1.29, 1.82) is 0 Å². The average molecular weight is 134 g/mol. The SMILES string of the molecule is CC(C)=Cc1cccnn1. The number of nitrogens with zero attached hydrogens (tertiary/aromatic N) is 2. The second-order valence-electron chi connectivity index (χ2n) is 2.37. The summed E-state index contributed by atoms with van der Waals surface area (Å²) in [5.74, 6) is 0. The quantitative estimate of drug-likeness (QED) is 0.586. The van der Waals surface area contributed by atoms with Crippen LogP contribution in [0.2, 0.25) is 0 Å². The Hall–Kier alpha value is -1.18. The molecule has 0 aliphatic heterocycles. The van der Waals surface area contributed by atoms with Gasteiger partial charge >= 0.3 is 0 Å². The molecule has 0 saturated carbocycles. The number of rotatable bonds is 1. The molecule has 0 saturated heterocycles. The van der Waals surface area contributed by atoms with Crippen molar-refractivity contribution in [1.82, 2.24) is 10.2 Å². The van der Waals surface area contributed by atoms with Gasteiger partial charge in [0.1, 0.15) is 0 Å². The summed E-state index contributed by atoms with van der Waals surface area (Å²) in [5.41, 5.74) is 2.16. The molecule has 0 unspecified atom stereocenters. The van der Waals surface area contributed by atoms with Crippen LogP contribution in [0.3, 0.4) is 0 Å². The van der Waals surface area contributed by atoms with Crippen LogP contribution in [0.25, 0.3) is 6.08 Å². The first-order valence-corrected chi connectivity index (χ1v) is 3.21. The van der Waals surface area contributed by atoms with E-state index in [1.54, 1.807) is 6.20 Å². The largest absolute Gasteiger partial charge is 0.159 e. The number of aromatic nitrogens is 2. The summed E-state index contributed by atoms with van der Waals surface area (Å²) in [7, 11) is 0. The van der Waals surface area contributed by atoms with Crippen LogP contribution in [0.4, 0.5) is 0 Å². The fourth-order valence-electron chi connectivity index (χ4n) is 0.686. The van der Waals surface area contributed by atoms with Crippen LogP contribution in [0.5, 0.6) is 0 Å². The van der Waals surface area contributed by atoms with Crippen LogP contribution in [-0.4, -0.2) is 10.2 Å². The molecular weight excluding hydrogens is 124 g/mol. The van der Waals surface area contributed by atoms with E-state index in [0.717, 1.165) is 5.69 Å². The predicted molar refractivity (Wildman–Crippen MR) is 41.4 cm³/mol. The maximum atomic E-state index is 3.89. The van der Waals surface area contributed by atoms with Crippen LogP contribution in [0.1, 0.15) is 19.5 Å². The first-order valence-electron chi connectivity index (χ1n) is 3.21. The van der Waals surface area contributed by atoms with Crippen molar-refractivity contribution in [2.24, 2.45) is 0 Å². The zero-order chi connectivity index (χ0) is 7.40. The van der Waals surface area contributed by atoms with Crippen molar-refractivity contribution in [3.8, 4) is 0 Å². The molecule has 10 heavy (non-hydrogen) atoms. The Labute approximate surface area is 60.6 Å². The lowest BCUT2D eigenvalue weighted by molar-refractivity contribution is 1.02. The van der Waals surface area contributed by atoms with Gasteiger partial charge in [-0.3, -0.25) is 0 Å². The number of allylic oxidation sites excluding steroid dienone is 1. The van der Waals surface area contributed by atoms with Gasteiger partial charge in [0, 0.05) is 6.20 Å². The summed E-state index contributed by atoms with van der Waals surface area (Å²) in [6.07, 6.45) is 3.66. The maximum absolute atomic E-state index is 3.89. The standard InChI is InChI=1S/C8H10N2/c1-7(2)6-8-4-3-5-9-10-8/h3-6H,1-2H3. The number of hydrogen-bond donors (Lipinski definition) is 0. The van der Waals surface area contributed by atoms with E-state index < -0.39 is 0 Å². The third kappa shape index (κ3) is 1.97. The van der Waals surface area contributed by atoms with Crippen LogP contribution in [-0.2, 0) is 0 Å². The zero-order valence-electron chi connectivity index (χ0n) is 6.20. The van der Waals surface area contributed by atoms with Gasteiger partial charge in [-0.15, -0.1) is 0 Å². The summed E-state index contributed by atoms with van der Waals surface area (Å²) in [6.45, 7) is 4.07. The summed E-state index contributed by atoms with van der Waals surface area (Å²) in [6, 6.07) is 3.81. The minimum atomic E-state index is 0.919. The molecule has 1 aromatic heterocycles. The Morgan fingerprint density at radius 1 is 1.50 bits per heavy atom. The van der Waals surface area contributed by atoms with E-state index in [9.17, 15) is 0 Å². The van der Waals surface area contributed by atoms with Gasteiger partial charge in [-0.25, -0.2) is 0 Å². The van der Waals surface area contributed by atoms with E-state index in [-0.39, 0.29) is 0 Å². The monoisotopic (exact) mass is 134 g/mol. The summed E-state index contributed by atoms with van der Waals surface area (Å²) in [5, 5.41) is 7.64. The molecule has 0 aromatic carbocycles. The van der Waals surface area contributed by atoms with Crippen LogP contribution >= 0.6 is 0 Å². The molecule has 0 bridgehead atoms. The molecule has 0 spiro atoms. The van der Waals surface area contributed by atoms with Gasteiger partial charge in [-0.2, -0.15) is 10.2 Å². The van der Waals surface area contributed by atoms with E-state index in [4.69, 9.17) is 0 Å². The van der Waals surface area contributed by atoms with Crippen molar-refractivity contribution >= 4 is 6.08 Å². The molecular formula is C8H10N2. The Kier molecular flexibility index (Phi) is 2.15. The van der Waals surface area contributed by atoms with E-state index in [0.29, 0.717) is 0 Å². The third-order valence-corrected chi connectivity index (χ3v) is 1.03. The van der Waals surface area contributed by atoms with Gasteiger partial charge in [-0.1, -0.05) is 5.57 Å². The fourth-order valence-corrected chi connectivity index (χ4v) is 0.686. The molecule has 52 valence electrons. The molecule has 1 heterocycles. The molecule has 1 rings (SSSR count). The first kappa shape index (κ1) is 6.93. The van der Waals surface area contributed by atoms with Crippen LogP contribution in [0.15, 0.2) is 23.9 Å². The minimum Gasteiger partial charge on any atom is -0.159 e. The zero-order valence-corrected chi connectivity index (χ0v) is 6.20. The Balaban J connectivity index is 2.87. The molecule has 0 atom stereocenters. The Bertz CT molecular complexity index is 222. The molecule has 2 nitrogen and oxygen atoms in total. The Morgan fingerprint density at radius 2 is 2.30 bits per heavy atom. The second-order valence-corrected chi connectivity index (χ2v) is 2.37. The highest BCUT2D eigenvalue weighted by molar-refractivity contribution is 5.46. The highest BCUT2D eigenvalue weighted by Crippen LogP contribution is 1.99. The fraction of sp³-hybridized carbons (Fsp3) is 0.250. The maximum Gasteiger partial charge on any atom is 0.0856 e. The summed E-state index contributed by atoms with van der Waals surface area (Å²) < 4.78 is 0. The van der Waals surface area contributed by atoms with Gasteiger partial charge in [0.2, 0.25) is 0 Å². The van der Waals surface area contributed by atoms with E-state index in [1.165, 1.54) is 5.57 Å². The lowest BCUT2D eigenvalue weighted by Gasteiger charge is -1.89. The Morgan fingerprint density at radius 3 is 2.80 bits per heavy atom. The highest BCUT2D eigenvalue weighted by atomic mass is 15.1. The summed E-state index contributed by atoms with van der Waals surface area (Å²) in [4.78, 5) is 0. The van der Waals surface area contributed by atoms with Crippen molar-refractivity contribution in [2.75, 3.05) is 0 Å². The molecule has 0 fully saturated rings. The van der Waals surface area contributed by atoms with Gasteiger partial charge < -0.3 is 0 Å². The third-order valence-electron chi connectivity index (χ3n) is 1.03. The first-order chi connectivity index (χ1) is 4.79. The predicted octanol–water partition coefficient (Wildman–Crippen LogP) is 1.90. The molecule has 0 aliphatic carbocycles. The van der Waals surface area contributed by atoms with Crippen molar-refractivity contribution < 1.29 is 0 Å². The van der Waals surface area contributed by atoms with E-state index >= 15 is 0 Å². The average Bonchev–Trinajstić information content (AvgIpc) is 1.88. The minimum absolute atomic E-state index is 0.919. The van der Waals surface area contributed by atoms with Crippen LogP contribution < -0.4 is 0 Å². The smallest absolute Gasteiger partial charge is 0.0856 e. The van der Waals surface area contributed by atoms with E-state index in [2.05, 4.69) is 10.2 Å². The molecule has 0 amide bonds. The lowest BCUT2D eigenvalue weighted by atomic mass is 10.2.